The maximum absolute atomic E-state index is 10.8. The highest BCUT2D eigenvalue weighted by Gasteiger charge is 2.05. The predicted molar refractivity (Wildman–Crippen MR) is 57.3 cm³/mol. The van der Waals surface area contributed by atoms with Crippen LogP contribution in [0.3, 0.4) is 0 Å². The average molecular weight is 239 g/mol. The van der Waals surface area contributed by atoms with Gasteiger partial charge in [-0.25, -0.2) is 9.59 Å². The largest absolute Gasteiger partial charge is 0.478 e. The predicted octanol–water partition coefficient (Wildman–Crippen LogP) is 1.56. The van der Waals surface area contributed by atoms with Crippen LogP contribution in [0, 0.1) is 11.8 Å². The van der Waals surface area contributed by atoms with Crippen molar-refractivity contribution in [3.8, 4) is 11.8 Å². The second-order valence-corrected chi connectivity index (χ2v) is 3.15. The lowest BCUT2D eigenvalue weighted by Gasteiger charge is -1.98. The third kappa shape index (κ3) is 3.01. The van der Waals surface area contributed by atoms with Gasteiger partial charge in [-0.2, -0.15) is 0 Å². The Kier molecular flexibility index (Phi) is 3.92. The highest BCUT2D eigenvalue weighted by atomic mass is 35.5. The normalized spacial score (nSPS) is 8.88. The summed E-state index contributed by atoms with van der Waals surface area (Å²) in [6, 6.07) is 4.06. The number of carbonyl (C=O) groups is 2. The van der Waals surface area contributed by atoms with Gasteiger partial charge in [0, 0.05) is 11.5 Å². The standard InChI is InChI=1S/C11H7ClO4/c1-16-10(13)5-3-7-6-8(11(14)15)2-4-9(7)12/h2,4,6H,1H3,(H,14,15). The molecule has 1 aromatic carbocycles. The molecule has 4 nitrogen and oxygen atoms in total. The van der Waals surface area contributed by atoms with Gasteiger partial charge in [0.25, 0.3) is 0 Å². The number of ether oxygens (including phenoxy) is 1. The summed E-state index contributed by atoms with van der Waals surface area (Å²) in [5.41, 5.74) is 0.325. The first-order valence-electron chi connectivity index (χ1n) is 4.17. The molecule has 0 saturated heterocycles. The van der Waals surface area contributed by atoms with Crippen molar-refractivity contribution in [1.82, 2.24) is 0 Å². The van der Waals surface area contributed by atoms with Crippen molar-refractivity contribution in [3.05, 3.63) is 34.3 Å². The van der Waals surface area contributed by atoms with Crippen LogP contribution in [0.25, 0.3) is 0 Å². The van der Waals surface area contributed by atoms with Crippen molar-refractivity contribution >= 4 is 23.5 Å². The zero-order chi connectivity index (χ0) is 12.1. The molecule has 0 aromatic heterocycles. The Labute approximate surface area is 96.8 Å². The smallest absolute Gasteiger partial charge is 0.384 e. The van der Waals surface area contributed by atoms with Crippen molar-refractivity contribution in [2.45, 2.75) is 0 Å². The minimum atomic E-state index is -1.09. The number of carboxylic acid groups (broad SMARTS) is 1. The van der Waals surface area contributed by atoms with E-state index in [2.05, 4.69) is 16.6 Å². The Balaban J connectivity index is 3.11. The Hall–Kier alpha value is -1.99. The molecule has 0 amide bonds. The zero-order valence-electron chi connectivity index (χ0n) is 8.28. The molecule has 5 heteroatoms. The van der Waals surface area contributed by atoms with E-state index in [0.717, 1.165) is 0 Å². The molecule has 0 saturated carbocycles. The molecule has 0 bridgehead atoms. The van der Waals surface area contributed by atoms with Gasteiger partial charge in [0.15, 0.2) is 0 Å². The van der Waals surface area contributed by atoms with Gasteiger partial charge in [-0.1, -0.05) is 17.5 Å². The molecular weight excluding hydrogens is 232 g/mol. The van der Waals surface area contributed by atoms with Crippen molar-refractivity contribution < 1.29 is 19.4 Å². The van der Waals surface area contributed by atoms with Crippen LogP contribution in [-0.2, 0) is 9.53 Å². The number of aromatic carboxylic acids is 1. The molecule has 0 radical (unpaired) electrons. The summed E-state index contributed by atoms with van der Waals surface area (Å²) in [5, 5.41) is 9.02. The summed E-state index contributed by atoms with van der Waals surface area (Å²) in [5.74, 6) is 2.81. The van der Waals surface area contributed by atoms with Crippen molar-refractivity contribution in [2.24, 2.45) is 0 Å². The van der Waals surface area contributed by atoms with Crippen LogP contribution >= 0.6 is 11.6 Å². The molecule has 1 rings (SSSR count). The SMILES string of the molecule is COC(=O)C#Cc1cc(C(=O)O)ccc1Cl. The van der Waals surface area contributed by atoms with E-state index < -0.39 is 11.9 Å². The molecule has 82 valence electrons. The number of benzene rings is 1. The van der Waals surface area contributed by atoms with E-state index in [0.29, 0.717) is 0 Å². The molecule has 0 fully saturated rings. The molecule has 0 heterocycles. The first kappa shape index (κ1) is 12.1. The minimum Gasteiger partial charge on any atom is -0.478 e. The lowest BCUT2D eigenvalue weighted by atomic mass is 10.1. The summed E-state index contributed by atoms with van der Waals surface area (Å²) < 4.78 is 4.32. The fraction of sp³-hybridized carbons (Fsp3) is 0.0909. The highest BCUT2D eigenvalue weighted by Crippen LogP contribution is 2.16. The third-order valence-corrected chi connectivity index (χ3v) is 2.03. The topological polar surface area (TPSA) is 63.6 Å². The van der Waals surface area contributed by atoms with E-state index in [-0.39, 0.29) is 16.1 Å². The Morgan fingerprint density at radius 1 is 1.44 bits per heavy atom. The molecule has 1 N–H and O–H groups in total. The van der Waals surface area contributed by atoms with Gasteiger partial charge in [0.05, 0.1) is 17.7 Å². The Morgan fingerprint density at radius 2 is 2.12 bits per heavy atom. The number of methoxy groups -OCH3 is 1. The fourth-order valence-corrected chi connectivity index (χ4v) is 1.09. The Morgan fingerprint density at radius 3 is 2.69 bits per heavy atom. The summed E-state index contributed by atoms with van der Waals surface area (Å²) in [6.45, 7) is 0. The Bertz CT molecular complexity index is 496. The van der Waals surface area contributed by atoms with Gasteiger partial charge < -0.3 is 9.84 Å². The highest BCUT2D eigenvalue weighted by molar-refractivity contribution is 6.31. The quantitative estimate of drug-likeness (QED) is 0.596. The van der Waals surface area contributed by atoms with Crippen molar-refractivity contribution in [3.63, 3.8) is 0 Å². The van der Waals surface area contributed by atoms with Gasteiger partial charge in [0.2, 0.25) is 0 Å². The third-order valence-electron chi connectivity index (χ3n) is 1.70. The number of hydrogen-bond acceptors (Lipinski definition) is 3. The molecule has 16 heavy (non-hydrogen) atoms. The molecule has 0 atom stereocenters. The van der Waals surface area contributed by atoms with Crippen LogP contribution < -0.4 is 0 Å². The first-order valence-corrected chi connectivity index (χ1v) is 4.55. The van der Waals surface area contributed by atoms with E-state index in [1.54, 1.807) is 0 Å². The number of halogens is 1. The van der Waals surface area contributed by atoms with Crippen LogP contribution in [0.2, 0.25) is 5.02 Å². The van der Waals surface area contributed by atoms with Crippen molar-refractivity contribution in [1.29, 1.82) is 0 Å². The van der Waals surface area contributed by atoms with Gasteiger partial charge in [-0.3, -0.25) is 0 Å². The second-order valence-electron chi connectivity index (χ2n) is 2.74. The van der Waals surface area contributed by atoms with Crippen LogP contribution in [0.15, 0.2) is 18.2 Å². The van der Waals surface area contributed by atoms with E-state index in [4.69, 9.17) is 16.7 Å². The molecule has 0 spiro atoms. The van der Waals surface area contributed by atoms with Crippen LogP contribution in [0.5, 0.6) is 0 Å². The van der Waals surface area contributed by atoms with Crippen molar-refractivity contribution in [2.75, 3.05) is 7.11 Å². The second kappa shape index (κ2) is 5.19. The van der Waals surface area contributed by atoms with E-state index in [1.165, 1.54) is 25.3 Å². The number of rotatable bonds is 1. The molecule has 0 aliphatic carbocycles. The van der Waals surface area contributed by atoms with Crippen LogP contribution in [-0.4, -0.2) is 24.2 Å². The first-order chi connectivity index (χ1) is 7.54. The number of esters is 1. The van der Waals surface area contributed by atoms with Gasteiger partial charge in [0.1, 0.15) is 0 Å². The summed E-state index contributed by atoms with van der Waals surface area (Å²) in [7, 11) is 1.20. The zero-order valence-corrected chi connectivity index (χ0v) is 9.04. The van der Waals surface area contributed by atoms with Gasteiger partial charge >= 0.3 is 11.9 Å². The summed E-state index contributed by atoms with van der Waals surface area (Å²) in [6.07, 6.45) is 0. The lowest BCUT2D eigenvalue weighted by Crippen LogP contribution is -1.97. The van der Waals surface area contributed by atoms with Gasteiger partial charge in [-0.05, 0) is 18.2 Å². The molecular formula is C11H7ClO4. The van der Waals surface area contributed by atoms with E-state index in [1.807, 2.05) is 0 Å². The molecule has 0 aliphatic rings. The van der Waals surface area contributed by atoms with Crippen LogP contribution in [0.1, 0.15) is 15.9 Å². The minimum absolute atomic E-state index is 0.0542. The summed E-state index contributed by atoms with van der Waals surface area (Å²) in [4.78, 5) is 21.4. The monoisotopic (exact) mass is 238 g/mol. The lowest BCUT2D eigenvalue weighted by molar-refractivity contribution is -0.133. The molecule has 0 aliphatic heterocycles. The fourth-order valence-electron chi connectivity index (χ4n) is 0.923. The number of hydrogen-bond donors (Lipinski definition) is 1. The maximum Gasteiger partial charge on any atom is 0.384 e. The van der Waals surface area contributed by atoms with E-state index >= 15 is 0 Å². The van der Waals surface area contributed by atoms with Crippen LogP contribution in [0.4, 0.5) is 0 Å². The average Bonchev–Trinajstić information content (AvgIpc) is 2.27. The number of carbonyl (C=O) groups excluding carboxylic acids is 1. The number of carboxylic acids is 1. The maximum atomic E-state index is 10.8. The van der Waals surface area contributed by atoms with E-state index in [9.17, 15) is 9.59 Å². The molecule has 0 unspecified atom stereocenters. The van der Waals surface area contributed by atoms with Gasteiger partial charge in [-0.15, -0.1) is 0 Å². The summed E-state index contributed by atoms with van der Waals surface area (Å²) >= 11 is 5.78. The molecule has 1 aromatic rings.